The molecule has 0 atom stereocenters. The van der Waals surface area contributed by atoms with Crippen LogP contribution in [0.3, 0.4) is 0 Å². The molecule has 0 amide bonds. The smallest absolute Gasteiger partial charge is 0.149 e. The van der Waals surface area contributed by atoms with Gasteiger partial charge in [0.05, 0.1) is 30.8 Å². The first kappa shape index (κ1) is 16.1. The van der Waals surface area contributed by atoms with Crippen LogP contribution in [-0.2, 0) is 4.74 Å². The Labute approximate surface area is 157 Å². The fraction of sp³-hybridized carbons (Fsp3) is 0.238. The van der Waals surface area contributed by atoms with Crippen LogP contribution in [0, 0.1) is 6.92 Å². The molecule has 6 heteroatoms. The zero-order valence-electron chi connectivity index (χ0n) is 15.2. The molecule has 1 aliphatic heterocycles. The van der Waals surface area contributed by atoms with E-state index in [0.29, 0.717) is 0 Å². The number of fused-ring (bicyclic) bond motifs is 1. The van der Waals surface area contributed by atoms with Gasteiger partial charge < -0.3 is 9.64 Å². The molecule has 1 fully saturated rings. The molecule has 0 spiro atoms. The van der Waals surface area contributed by atoms with Crippen molar-refractivity contribution in [3.8, 4) is 11.4 Å². The van der Waals surface area contributed by atoms with Gasteiger partial charge in [-0.1, -0.05) is 6.07 Å². The maximum atomic E-state index is 5.49. The number of hydrogen-bond donors (Lipinski definition) is 0. The maximum absolute atomic E-state index is 5.49. The summed E-state index contributed by atoms with van der Waals surface area (Å²) in [5.74, 6) is 0.970. The van der Waals surface area contributed by atoms with Gasteiger partial charge in [0.1, 0.15) is 17.0 Å². The van der Waals surface area contributed by atoms with Gasteiger partial charge in [0, 0.05) is 31.2 Å². The van der Waals surface area contributed by atoms with Crippen LogP contribution in [0.4, 0.5) is 5.69 Å². The number of imidazole rings is 1. The SMILES string of the molecule is Cc1nc2ccn(-c3cccnc3)c2n1-c1cccc(N2CCOCC2)c1. The summed E-state index contributed by atoms with van der Waals surface area (Å²) in [6.45, 7) is 5.46. The second kappa shape index (κ2) is 6.55. The van der Waals surface area contributed by atoms with Crippen molar-refractivity contribution in [3.05, 3.63) is 66.9 Å². The van der Waals surface area contributed by atoms with E-state index >= 15 is 0 Å². The lowest BCUT2D eigenvalue weighted by atomic mass is 10.2. The average molecular weight is 359 g/mol. The average Bonchev–Trinajstić information content (AvgIpc) is 3.27. The van der Waals surface area contributed by atoms with E-state index < -0.39 is 0 Å². The summed E-state index contributed by atoms with van der Waals surface area (Å²) in [7, 11) is 0. The van der Waals surface area contributed by atoms with E-state index in [9.17, 15) is 0 Å². The van der Waals surface area contributed by atoms with E-state index in [0.717, 1.165) is 54.7 Å². The molecule has 6 nitrogen and oxygen atoms in total. The van der Waals surface area contributed by atoms with Crippen molar-refractivity contribution < 1.29 is 4.74 Å². The first-order valence-corrected chi connectivity index (χ1v) is 9.21. The predicted molar refractivity (Wildman–Crippen MR) is 106 cm³/mol. The molecule has 0 unspecified atom stereocenters. The lowest BCUT2D eigenvalue weighted by molar-refractivity contribution is 0.122. The van der Waals surface area contributed by atoms with Gasteiger partial charge in [-0.25, -0.2) is 4.98 Å². The molecule has 27 heavy (non-hydrogen) atoms. The summed E-state index contributed by atoms with van der Waals surface area (Å²) in [6, 6.07) is 14.7. The number of hydrogen-bond acceptors (Lipinski definition) is 4. The normalized spacial score (nSPS) is 14.8. The van der Waals surface area contributed by atoms with Crippen molar-refractivity contribution in [2.24, 2.45) is 0 Å². The Kier molecular flexibility index (Phi) is 3.90. The van der Waals surface area contributed by atoms with E-state index in [1.165, 1.54) is 5.69 Å². The Bertz CT molecular complexity index is 1080. The Morgan fingerprint density at radius 2 is 1.78 bits per heavy atom. The van der Waals surface area contributed by atoms with Gasteiger partial charge in [-0.15, -0.1) is 0 Å². The lowest BCUT2D eigenvalue weighted by Crippen LogP contribution is -2.36. The molecule has 0 aliphatic carbocycles. The van der Waals surface area contributed by atoms with Crippen molar-refractivity contribution >= 4 is 16.9 Å². The largest absolute Gasteiger partial charge is 0.378 e. The molecule has 1 aliphatic rings. The highest BCUT2D eigenvalue weighted by atomic mass is 16.5. The zero-order valence-corrected chi connectivity index (χ0v) is 15.2. The Morgan fingerprint density at radius 3 is 2.59 bits per heavy atom. The number of pyridine rings is 1. The molecule has 0 saturated carbocycles. The van der Waals surface area contributed by atoms with E-state index in [1.807, 2.05) is 12.3 Å². The number of morpholine rings is 1. The van der Waals surface area contributed by atoms with E-state index in [2.05, 4.69) is 68.5 Å². The molecule has 4 heterocycles. The summed E-state index contributed by atoms with van der Waals surface area (Å²) in [6.07, 6.45) is 5.71. The fourth-order valence-electron chi connectivity index (χ4n) is 3.76. The fourth-order valence-corrected chi connectivity index (χ4v) is 3.76. The Morgan fingerprint density at radius 1 is 0.963 bits per heavy atom. The molecule has 4 aromatic rings. The molecule has 0 radical (unpaired) electrons. The number of ether oxygens (including phenoxy) is 1. The number of rotatable bonds is 3. The molecule has 5 rings (SSSR count). The second-order valence-corrected chi connectivity index (χ2v) is 6.72. The summed E-state index contributed by atoms with van der Waals surface area (Å²) in [5.41, 5.74) is 5.39. The number of anilines is 1. The highest BCUT2D eigenvalue weighted by Crippen LogP contribution is 2.27. The van der Waals surface area contributed by atoms with Gasteiger partial charge in [-0.3, -0.25) is 14.1 Å². The molecule has 3 aromatic heterocycles. The van der Waals surface area contributed by atoms with Gasteiger partial charge in [-0.05, 0) is 43.3 Å². The zero-order chi connectivity index (χ0) is 18.2. The Hall–Kier alpha value is -3.12. The van der Waals surface area contributed by atoms with Crippen molar-refractivity contribution in [1.29, 1.82) is 0 Å². The molecule has 136 valence electrons. The standard InChI is InChI=1S/C21H21N5O/c1-16-23-20-7-9-25(19-6-3-8-22-15-19)21(20)26(16)18-5-2-4-17(14-18)24-10-12-27-13-11-24/h2-9,14-15H,10-13H2,1H3. The van der Waals surface area contributed by atoms with Gasteiger partial charge in [0.15, 0.2) is 0 Å². The predicted octanol–water partition coefficient (Wildman–Crippen LogP) is 3.36. The highest BCUT2D eigenvalue weighted by Gasteiger charge is 2.17. The minimum atomic E-state index is 0.780. The van der Waals surface area contributed by atoms with Crippen LogP contribution < -0.4 is 4.90 Å². The minimum Gasteiger partial charge on any atom is -0.378 e. The molecular formula is C21H21N5O. The van der Waals surface area contributed by atoms with Crippen molar-refractivity contribution in [2.45, 2.75) is 6.92 Å². The van der Waals surface area contributed by atoms with Crippen molar-refractivity contribution in [3.63, 3.8) is 0 Å². The van der Waals surface area contributed by atoms with Crippen LogP contribution in [0.25, 0.3) is 22.5 Å². The van der Waals surface area contributed by atoms with Crippen molar-refractivity contribution in [2.75, 3.05) is 31.2 Å². The van der Waals surface area contributed by atoms with Gasteiger partial charge in [0.2, 0.25) is 0 Å². The number of aromatic nitrogens is 4. The van der Waals surface area contributed by atoms with Crippen LogP contribution in [0.1, 0.15) is 5.82 Å². The third-order valence-electron chi connectivity index (χ3n) is 5.04. The highest BCUT2D eigenvalue weighted by molar-refractivity contribution is 5.78. The molecular weight excluding hydrogens is 338 g/mol. The van der Waals surface area contributed by atoms with Gasteiger partial charge in [-0.2, -0.15) is 0 Å². The monoisotopic (exact) mass is 359 g/mol. The minimum absolute atomic E-state index is 0.780. The summed E-state index contributed by atoms with van der Waals surface area (Å²) in [4.78, 5) is 11.4. The topological polar surface area (TPSA) is 48.1 Å². The van der Waals surface area contributed by atoms with E-state index in [1.54, 1.807) is 6.20 Å². The van der Waals surface area contributed by atoms with Crippen LogP contribution >= 0.6 is 0 Å². The van der Waals surface area contributed by atoms with E-state index in [4.69, 9.17) is 9.72 Å². The molecule has 1 saturated heterocycles. The van der Waals surface area contributed by atoms with Gasteiger partial charge >= 0.3 is 0 Å². The van der Waals surface area contributed by atoms with Crippen LogP contribution in [0.15, 0.2) is 61.1 Å². The third kappa shape index (κ3) is 2.78. The third-order valence-corrected chi connectivity index (χ3v) is 5.04. The number of nitrogens with zero attached hydrogens (tertiary/aromatic N) is 5. The summed E-state index contributed by atoms with van der Waals surface area (Å²) < 4.78 is 9.85. The number of aryl methyl sites for hydroxylation is 1. The summed E-state index contributed by atoms with van der Waals surface area (Å²) >= 11 is 0. The molecule has 0 N–H and O–H groups in total. The van der Waals surface area contributed by atoms with Gasteiger partial charge in [0.25, 0.3) is 0 Å². The Balaban J connectivity index is 1.65. The first-order valence-electron chi connectivity index (χ1n) is 9.21. The second-order valence-electron chi connectivity index (χ2n) is 6.72. The lowest BCUT2D eigenvalue weighted by Gasteiger charge is -2.29. The van der Waals surface area contributed by atoms with Crippen LogP contribution in [-0.4, -0.2) is 45.4 Å². The van der Waals surface area contributed by atoms with Crippen molar-refractivity contribution in [1.82, 2.24) is 19.1 Å². The quantitative estimate of drug-likeness (QED) is 0.563. The molecule has 0 bridgehead atoms. The maximum Gasteiger partial charge on any atom is 0.149 e. The van der Waals surface area contributed by atoms with E-state index in [-0.39, 0.29) is 0 Å². The molecule has 1 aromatic carbocycles. The van der Waals surface area contributed by atoms with Crippen LogP contribution in [0.2, 0.25) is 0 Å². The summed E-state index contributed by atoms with van der Waals surface area (Å²) in [5, 5.41) is 0. The first-order chi connectivity index (χ1) is 13.3. The van der Waals surface area contributed by atoms with Crippen LogP contribution in [0.5, 0.6) is 0 Å². The number of benzene rings is 1.